The quantitative estimate of drug-likeness (QED) is 0.446. The molecular weight excluding hydrogens is 316 g/mol. The van der Waals surface area contributed by atoms with E-state index in [1.807, 2.05) is 0 Å². The van der Waals surface area contributed by atoms with Crippen LogP contribution in [0.4, 0.5) is 0 Å². The van der Waals surface area contributed by atoms with E-state index in [1.54, 1.807) is 36.4 Å². The topological polar surface area (TPSA) is 80.2 Å². The van der Waals surface area contributed by atoms with Crippen molar-refractivity contribution in [3.05, 3.63) is 47.5 Å². The molecule has 0 unspecified atom stereocenters. The molecule has 23 heavy (non-hydrogen) atoms. The summed E-state index contributed by atoms with van der Waals surface area (Å²) in [5.41, 5.74) is 3.49. The number of carbonyl (C=O) groups is 1. The van der Waals surface area contributed by atoms with Crippen LogP contribution in [-0.4, -0.2) is 31.4 Å². The van der Waals surface area contributed by atoms with Gasteiger partial charge in [0.2, 0.25) is 5.75 Å². The molecule has 6 nitrogen and oxygen atoms in total. The maximum Gasteiger partial charge on any atom is 0.271 e. The third kappa shape index (κ3) is 4.17. The minimum absolute atomic E-state index is 0.0944. The fourth-order valence-electron chi connectivity index (χ4n) is 1.83. The van der Waals surface area contributed by atoms with Crippen molar-refractivity contribution in [2.45, 2.75) is 4.90 Å². The molecule has 2 N–H and O–H groups in total. The van der Waals surface area contributed by atoms with Crippen LogP contribution in [0.5, 0.6) is 17.2 Å². The van der Waals surface area contributed by atoms with Crippen LogP contribution >= 0.6 is 12.6 Å². The van der Waals surface area contributed by atoms with E-state index in [0.29, 0.717) is 11.1 Å². The molecule has 2 aromatic rings. The lowest BCUT2D eigenvalue weighted by Gasteiger charge is -2.09. The third-order valence-corrected chi connectivity index (χ3v) is 3.31. The molecule has 1 amide bonds. The summed E-state index contributed by atoms with van der Waals surface area (Å²) in [6, 6.07) is 9.89. The summed E-state index contributed by atoms with van der Waals surface area (Å²) in [5, 5.41) is 13.7. The number of phenolic OH excluding ortho intramolecular Hbond substituents is 1. The van der Waals surface area contributed by atoms with Gasteiger partial charge in [0.1, 0.15) is 0 Å². The van der Waals surface area contributed by atoms with Gasteiger partial charge in [-0.05, 0) is 36.4 Å². The number of ether oxygens (including phenoxy) is 2. The SMILES string of the molecule is COc1cc(/C=N/NC(=O)c2ccc(S)cc2)cc(OC)c1O. The maximum atomic E-state index is 11.9. The first-order chi connectivity index (χ1) is 11.0. The highest BCUT2D eigenvalue weighted by Gasteiger charge is 2.10. The number of hydrogen-bond donors (Lipinski definition) is 3. The third-order valence-electron chi connectivity index (χ3n) is 3.01. The predicted octanol–water partition coefficient (Wildman–Crippen LogP) is 2.46. The Morgan fingerprint density at radius 3 is 2.26 bits per heavy atom. The van der Waals surface area contributed by atoms with Crippen LogP contribution in [0.15, 0.2) is 46.4 Å². The van der Waals surface area contributed by atoms with Crippen molar-refractivity contribution >= 4 is 24.8 Å². The highest BCUT2D eigenvalue weighted by molar-refractivity contribution is 7.80. The molecule has 0 heterocycles. The van der Waals surface area contributed by atoms with Gasteiger partial charge in [-0.25, -0.2) is 5.43 Å². The Balaban J connectivity index is 2.11. The van der Waals surface area contributed by atoms with Crippen LogP contribution in [-0.2, 0) is 0 Å². The van der Waals surface area contributed by atoms with Crippen molar-refractivity contribution in [3.63, 3.8) is 0 Å². The monoisotopic (exact) mass is 332 g/mol. The number of aromatic hydroxyl groups is 1. The van der Waals surface area contributed by atoms with Crippen molar-refractivity contribution in [3.8, 4) is 17.2 Å². The zero-order valence-corrected chi connectivity index (χ0v) is 13.5. The number of methoxy groups -OCH3 is 2. The molecule has 0 aromatic heterocycles. The molecule has 2 rings (SSSR count). The summed E-state index contributed by atoms with van der Waals surface area (Å²) >= 11 is 4.16. The highest BCUT2D eigenvalue weighted by Crippen LogP contribution is 2.36. The molecule has 0 radical (unpaired) electrons. The Labute approximate surface area is 139 Å². The molecule has 120 valence electrons. The normalized spacial score (nSPS) is 10.6. The summed E-state index contributed by atoms with van der Waals surface area (Å²) in [7, 11) is 2.87. The molecule has 0 saturated heterocycles. The lowest BCUT2D eigenvalue weighted by atomic mass is 10.2. The van der Waals surface area contributed by atoms with E-state index < -0.39 is 0 Å². The fourth-order valence-corrected chi connectivity index (χ4v) is 1.98. The molecule has 0 aliphatic carbocycles. The Kier molecular flexibility index (Phi) is 5.48. The van der Waals surface area contributed by atoms with E-state index in [4.69, 9.17) is 9.47 Å². The molecule has 0 saturated carbocycles. The fraction of sp³-hybridized carbons (Fsp3) is 0.125. The van der Waals surface area contributed by atoms with Crippen molar-refractivity contribution in [2.75, 3.05) is 14.2 Å². The number of thiol groups is 1. The van der Waals surface area contributed by atoms with E-state index >= 15 is 0 Å². The molecule has 0 aliphatic heterocycles. The highest BCUT2D eigenvalue weighted by atomic mass is 32.1. The number of rotatable bonds is 5. The van der Waals surface area contributed by atoms with Crippen molar-refractivity contribution < 1.29 is 19.4 Å². The lowest BCUT2D eigenvalue weighted by molar-refractivity contribution is 0.0955. The summed E-state index contributed by atoms with van der Waals surface area (Å²) in [4.78, 5) is 12.7. The molecule has 0 spiro atoms. The molecule has 0 aliphatic rings. The standard InChI is InChI=1S/C16H16N2O4S/c1-21-13-7-10(8-14(22-2)15(13)19)9-17-18-16(20)11-3-5-12(23)6-4-11/h3-9,19,23H,1-2H3,(H,18,20)/b17-9+. The maximum absolute atomic E-state index is 11.9. The summed E-state index contributed by atoms with van der Waals surface area (Å²) in [6.07, 6.45) is 1.43. The number of amides is 1. The van der Waals surface area contributed by atoms with Gasteiger partial charge in [0.05, 0.1) is 20.4 Å². The van der Waals surface area contributed by atoms with Gasteiger partial charge in [0.15, 0.2) is 11.5 Å². The van der Waals surface area contributed by atoms with Gasteiger partial charge in [0, 0.05) is 16.0 Å². The Morgan fingerprint density at radius 2 is 1.74 bits per heavy atom. The van der Waals surface area contributed by atoms with Gasteiger partial charge in [-0.3, -0.25) is 4.79 Å². The van der Waals surface area contributed by atoms with Gasteiger partial charge in [-0.2, -0.15) is 5.10 Å². The summed E-state index contributed by atoms with van der Waals surface area (Å²) in [6.45, 7) is 0. The average molecular weight is 332 g/mol. The van der Waals surface area contributed by atoms with E-state index in [0.717, 1.165) is 4.90 Å². The number of hydrogen-bond acceptors (Lipinski definition) is 6. The molecule has 0 bridgehead atoms. The first kappa shape index (κ1) is 16.7. The first-order valence-electron chi connectivity index (χ1n) is 6.62. The number of hydrazone groups is 1. The van der Waals surface area contributed by atoms with E-state index in [2.05, 4.69) is 23.2 Å². The van der Waals surface area contributed by atoms with Crippen molar-refractivity contribution in [1.29, 1.82) is 0 Å². The van der Waals surface area contributed by atoms with Crippen molar-refractivity contribution in [1.82, 2.24) is 5.43 Å². The average Bonchev–Trinajstić information content (AvgIpc) is 2.56. The number of nitrogens with zero attached hydrogens (tertiary/aromatic N) is 1. The van der Waals surface area contributed by atoms with Gasteiger partial charge in [-0.15, -0.1) is 12.6 Å². The Hall–Kier alpha value is -2.67. The Bertz CT molecular complexity index is 704. The Morgan fingerprint density at radius 1 is 1.17 bits per heavy atom. The van der Waals surface area contributed by atoms with Crippen LogP contribution in [0.25, 0.3) is 0 Å². The van der Waals surface area contributed by atoms with Crippen molar-refractivity contribution in [2.24, 2.45) is 5.10 Å². The minimum atomic E-state index is -0.340. The van der Waals surface area contributed by atoms with Gasteiger partial charge < -0.3 is 14.6 Å². The lowest BCUT2D eigenvalue weighted by Crippen LogP contribution is -2.17. The summed E-state index contributed by atoms with van der Waals surface area (Å²) < 4.78 is 10.1. The summed E-state index contributed by atoms with van der Waals surface area (Å²) in [5.74, 6) is 0.0679. The molecule has 0 atom stereocenters. The van der Waals surface area contributed by atoms with Crippen LogP contribution in [0.2, 0.25) is 0 Å². The number of carbonyl (C=O) groups excluding carboxylic acids is 1. The van der Waals surface area contributed by atoms with Crippen LogP contribution < -0.4 is 14.9 Å². The second kappa shape index (κ2) is 7.55. The zero-order valence-electron chi connectivity index (χ0n) is 12.6. The largest absolute Gasteiger partial charge is 0.502 e. The number of benzene rings is 2. The van der Waals surface area contributed by atoms with Gasteiger partial charge in [0.25, 0.3) is 5.91 Å². The van der Waals surface area contributed by atoms with E-state index in [9.17, 15) is 9.90 Å². The van der Waals surface area contributed by atoms with Gasteiger partial charge >= 0.3 is 0 Å². The number of phenols is 1. The van der Waals surface area contributed by atoms with E-state index in [1.165, 1.54) is 20.4 Å². The van der Waals surface area contributed by atoms with Crippen LogP contribution in [0.1, 0.15) is 15.9 Å². The molecular formula is C16H16N2O4S. The second-order valence-electron chi connectivity index (χ2n) is 4.52. The van der Waals surface area contributed by atoms with Gasteiger partial charge in [-0.1, -0.05) is 0 Å². The van der Waals surface area contributed by atoms with E-state index in [-0.39, 0.29) is 23.2 Å². The first-order valence-corrected chi connectivity index (χ1v) is 7.07. The second-order valence-corrected chi connectivity index (χ2v) is 5.04. The minimum Gasteiger partial charge on any atom is -0.502 e. The number of nitrogens with one attached hydrogen (secondary N) is 1. The zero-order chi connectivity index (χ0) is 16.8. The predicted molar refractivity (Wildman–Crippen MR) is 90.0 cm³/mol. The molecule has 2 aromatic carbocycles. The van der Waals surface area contributed by atoms with Crippen LogP contribution in [0.3, 0.4) is 0 Å². The van der Waals surface area contributed by atoms with Crippen LogP contribution in [0, 0.1) is 0 Å². The molecule has 7 heteroatoms. The molecule has 0 fully saturated rings. The smallest absolute Gasteiger partial charge is 0.271 e.